The first-order valence-electron chi connectivity index (χ1n) is 8.62. The van der Waals surface area contributed by atoms with Gasteiger partial charge in [-0.15, -0.1) is 0 Å². The molecule has 1 amide bonds. The molecule has 0 unspecified atom stereocenters. The van der Waals surface area contributed by atoms with Crippen LogP contribution in [0.4, 0.5) is 5.69 Å². The molecule has 27 heavy (non-hydrogen) atoms. The van der Waals surface area contributed by atoms with Gasteiger partial charge in [0.15, 0.2) is 0 Å². The molecular formula is C20H19ClN4O2. The first-order chi connectivity index (χ1) is 13.1. The lowest BCUT2D eigenvalue weighted by Gasteiger charge is -2.35. The highest BCUT2D eigenvalue weighted by Crippen LogP contribution is 2.32. The molecule has 0 saturated heterocycles. The third kappa shape index (κ3) is 3.18. The Morgan fingerprint density at radius 2 is 2.11 bits per heavy atom. The van der Waals surface area contributed by atoms with Crippen molar-refractivity contribution in [3.8, 4) is 11.3 Å². The quantitative estimate of drug-likeness (QED) is 0.726. The summed E-state index contributed by atoms with van der Waals surface area (Å²) in [6.45, 7) is 0.120. The van der Waals surface area contributed by atoms with Gasteiger partial charge in [0.25, 0.3) is 5.91 Å². The lowest BCUT2D eigenvalue weighted by molar-refractivity contribution is 0.0598. The molecule has 0 radical (unpaired) electrons. The van der Waals surface area contributed by atoms with Crippen molar-refractivity contribution in [3.63, 3.8) is 0 Å². The van der Waals surface area contributed by atoms with Crippen molar-refractivity contribution in [3.05, 3.63) is 70.9 Å². The number of aliphatic hydroxyl groups excluding tert-OH is 1. The Kier molecular flexibility index (Phi) is 4.59. The van der Waals surface area contributed by atoms with Crippen LogP contribution < -0.4 is 5.32 Å². The zero-order valence-corrected chi connectivity index (χ0v) is 15.5. The van der Waals surface area contributed by atoms with Gasteiger partial charge in [-0.1, -0.05) is 29.8 Å². The summed E-state index contributed by atoms with van der Waals surface area (Å²) < 4.78 is 1.79. The molecule has 0 saturated carbocycles. The standard InChI is InChI=1S/C20H19ClN4O2/c1-24-18(7-8-23-24)14-5-6-16-17(10-14)22-12-25(20(16)27)19(11-26)13-3-2-4-15(21)9-13/h2-10,19,22,26H,11-12H2,1H3/t19-/m1/s1. The Morgan fingerprint density at radius 3 is 2.81 bits per heavy atom. The first-order valence-corrected chi connectivity index (χ1v) is 9.00. The highest BCUT2D eigenvalue weighted by Gasteiger charge is 2.31. The molecule has 2 heterocycles. The molecule has 4 rings (SSSR count). The minimum Gasteiger partial charge on any atom is -0.394 e. The fourth-order valence-electron chi connectivity index (χ4n) is 3.44. The van der Waals surface area contributed by atoms with E-state index in [9.17, 15) is 9.90 Å². The minimum atomic E-state index is -0.464. The number of hydrogen-bond donors (Lipinski definition) is 2. The Bertz CT molecular complexity index is 1000. The zero-order chi connectivity index (χ0) is 19.0. The second-order valence-corrected chi connectivity index (χ2v) is 6.90. The number of anilines is 1. The number of carbonyl (C=O) groups excluding carboxylic acids is 1. The molecule has 0 fully saturated rings. The average Bonchev–Trinajstić information content (AvgIpc) is 3.10. The van der Waals surface area contributed by atoms with Gasteiger partial charge < -0.3 is 15.3 Å². The summed E-state index contributed by atoms with van der Waals surface area (Å²) in [4.78, 5) is 14.7. The number of hydrogen-bond acceptors (Lipinski definition) is 4. The number of fused-ring (bicyclic) bond motifs is 1. The van der Waals surface area contributed by atoms with E-state index in [-0.39, 0.29) is 12.5 Å². The number of aryl methyl sites for hydroxylation is 1. The molecule has 6 nitrogen and oxygen atoms in total. The van der Waals surface area contributed by atoms with Crippen LogP contribution in [-0.4, -0.2) is 39.0 Å². The molecule has 1 atom stereocenters. The van der Waals surface area contributed by atoms with Crippen molar-refractivity contribution < 1.29 is 9.90 Å². The number of nitrogens with one attached hydrogen (secondary N) is 1. The number of rotatable bonds is 4. The largest absolute Gasteiger partial charge is 0.394 e. The van der Waals surface area contributed by atoms with Crippen LogP contribution in [0.1, 0.15) is 22.0 Å². The number of nitrogens with zero attached hydrogens (tertiary/aromatic N) is 3. The molecule has 1 aliphatic heterocycles. The van der Waals surface area contributed by atoms with E-state index in [0.717, 1.165) is 22.5 Å². The molecule has 7 heteroatoms. The van der Waals surface area contributed by atoms with Crippen LogP contribution in [0.25, 0.3) is 11.3 Å². The van der Waals surface area contributed by atoms with Crippen molar-refractivity contribution in [2.24, 2.45) is 7.05 Å². The predicted molar refractivity (Wildman–Crippen MR) is 105 cm³/mol. The van der Waals surface area contributed by atoms with Crippen molar-refractivity contribution in [2.45, 2.75) is 6.04 Å². The van der Waals surface area contributed by atoms with E-state index in [1.807, 2.05) is 43.4 Å². The summed E-state index contributed by atoms with van der Waals surface area (Å²) in [7, 11) is 1.88. The molecule has 2 N–H and O–H groups in total. The number of halogens is 1. The zero-order valence-electron chi connectivity index (χ0n) is 14.8. The molecular weight excluding hydrogens is 364 g/mol. The van der Waals surface area contributed by atoms with Gasteiger partial charge in [0, 0.05) is 29.5 Å². The maximum absolute atomic E-state index is 13.1. The van der Waals surface area contributed by atoms with Crippen LogP contribution in [0.2, 0.25) is 5.02 Å². The van der Waals surface area contributed by atoms with E-state index in [0.29, 0.717) is 17.3 Å². The van der Waals surface area contributed by atoms with Gasteiger partial charge in [0.2, 0.25) is 0 Å². The summed E-state index contributed by atoms with van der Waals surface area (Å²) in [5.41, 5.74) is 4.11. The minimum absolute atomic E-state index is 0.126. The lowest BCUT2D eigenvalue weighted by atomic mass is 10.0. The summed E-state index contributed by atoms with van der Waals surface area (Å²) in [5, 5.41) is 18.0. The van der Waals surface area contributed by atoms with Crippen LogP contribution >= 0.6 is 11.6 Å². The van der Waals surface area contributed by atoms with Gasteiger partial charge in [-0.25, -0.2) is 0 Å². The maximum atomic E-state index is 13.1. The molecule has 0 bridgehead atoms. The van der Waals surface area contributed by atoms with Gasteiger partial charge in [0.1, 0.15) is 0 Å². The Labute approximate surface area is 162 Å². The monoisotopic (exact) mass is 382 g/mol. The van der Waals surface area contributed by atoms with Crippen LogP contribution in [0.5, 0.6) is 0 Å². The molecule has 1 aromatic heterocycles. The van der Waals surface area contributed by atoms with Gasteiger partial charge in [-0.3, -0.25) is 9.48 Å². The number of carbonyl (C=O) groups is 1. The number of aromatic nitrogens is 2. The van der Waals surface area contributed by atoms with Crippen molar-refractivity contribution in [1.82, 2.24) is 14.7 Å². The predicted octanol–water partition coefficient (Wildman–Crippen LogP) is 3.30. The summed E-state index contributed by atoms with van der Waals surface area (Å²) in [6.07, 6.45) is 1.74. The van der Waals surface area contributed by atoms with E-state index >= 15 is 0 Å². The van der Waals surface area contributed by atoms with Gasteiger partial charge in [-0.05, 0) is 35.9 Å². The third-order valence-corrected chi connectivity index (χ3v) is 5.09. The second kappa shape index (κ2) is 7.06. The summed E-state index contributed by atoms with van der Waals surface area (Å²) >= 11 is 6.07. The van der Waals surface area contributed by atoms with Gasteiger partial charge in [0.05, 0.1) is 30.6 Å². The van der Waals surface area contributed by atoms with Crippen molar-refractivity contribution in [2.75, 3.05) is 18.6 Å². The topological polar surface area (TPSA) is 70.4 Å². The van der Waals surface area contributed by atoms with Crippen LogP contribution in [-0.2, 0) is 7.05 Å². The van der Waals surface area contributed by atoms with Crippen LogP contribution in [0.3, 0.4) is 0 Å². The molecule has 0 aliphatic carbocycles. The molecule has 2 aromatic carbocycles. The number of aliphatic hydroxyl groups is 1. The van der Waals surface area contributed by atoms with Crippen molar-refractivity contribution >= 4 is 23.2 Å². The highest BCUT2D eigenvalue weighted by atomic mass is 35.5. The molecule has 138 valence electrons. The summed E-state index contributed by atoms with van der Waals surface area (Å²) in [6, 6.07) is 14.4. The third-order valence-electron chi connectivity index (χ3n) is 4.85. The Balaban J connectivity index is 1.66. The van der Waals surface area contributed by atoms with E-state index in [4.69, 9.17) is 11.6 Å². The number of benzene rings is 2. The van der Waals surface area contributed by atoms with E-state index in [1.54, 1.807) is 27.9 Å². The van der Waals surface area contributed by atoms with Crippen LogP contribution in [0, 0.1) is 0 Å². The lowest BCUT2D eigenvalue weighted by Crippen LogP contribution is -2.43. The second-order valence-electron chi connectivity index (χ2n) is 6.46. The van der Waals surface area contributed by atoms with Crippen LogP contribution in [0.15, 0.2) is 54.7 Å². The Hall–Kier alpha value is -2.83. The fraction of sp³-hybridized carbons (Fsp3) is 0.200. The van der Waals surface area contributed by atoms with Crippen molar-refractivity contribution in [1.29, 1.82) is 0 Å². The fourth-order valence-corrected chi connectivity index (χ4v) is 3.64. The van der Waals surface area contributed by atoms with E-state index in [2.05, 4.69) is 10.4 Å². The van der Waals surface area contributed by atoms with E-state index in [1.165, 1.54) is 0 Å². The molecule has 0 spiro atoms. The number of amides is 1. The molecule has 1 aliphatic rings. The molecule has 3 aromatic rings. The normalized spacial score (nSPS) is 14.6. The SMILES string of the molecule is Cn1nccc1-c1ccc2c(c1)NCN([C@H](CO)c1cccc(Cl)c1)C2=O. The highest BCUT2D eigenvalue weighted by molar-refractivity contribution is 6.30. The van der Waals surface area contributed by atoms with Gasteiger partial charge >= 0.3 is 0 Å². The maximum Gasteiger partial charge on any atom is 0.257 e. The average molecular weight is 383 g/mol. The van der Waals surface area contributed by atoms with E-state index < -0.39 is 6.04 Å². The summed E-state index contributed by atoms with van der Waals surface area (Å²) in [5.74, 6) is -0.126. The first kappa shape index (κ1) is 17.6. The smallest absolute Gasteiger partial charge is 0.257 e. The Morgan fingerprint density at radius 1 is 1.26 bits per heavy atom. The van der Waals surface area contributed by atoms with Gasteiger partial charge in [-0.2, -0.15) is 5.10 Å².